The highest BCUT2D eigenvalue weighted by atomic mass is 15.2. The van der Waals surface area contributed by atoms with Gasteiger partial charge in [-0.2, -0.15) is 0 Å². The molecule has 3 rings (SSSR count). The van der Waals surface area contributed by atoms with Crippen molar-refractivity contribution in [1.82, 2.24) is 10.2 Å². The Balaban J connectivity index is 1.61. The molecule has 3 unspecified atom stereocenters. The second kappa shape index (κ2) is 5.26. The number of rotatable bonds is 3. The summed E-state index contributed by atoms with van der Waals surface area (Å²) in [4.78, 5) is 2.61. The van der Waals surface area contributed by atoms with Crippen LogP contribution in [0.25, 0.3) is 0 Å². The maximum Gasteiger partial charge on any atom is 0.0294 e. The lowest BCUT2D eigenvalue weighted by atomic mass is 9.96. The van der Waals surface area contributed by atoms with Crippen molar-refractivity contribution in [3.05, 3.63) is 35.4 Å². The minimum Gasteiger partial charge on any atom is -0.307 e. The molecule has 1 aromatic rings. The molecule has 1 aromatic carbocycles. The summed E-state index contributed by atoms with van der Waals surface area (Å²) in [6, 6.07) is 11.8. The van der Waals surface area contributed by atoms with E-state index in [-0.39, 0.29) is 0 Å². The lowest BCUT2D eigenvalue weighted by molar-refractivity contribution is 0.144. The quantitative estimate of drug-likeness (QED) is 0.895. The second-order valence-electron chi connectivity index (χ2n) is 6.52. The van der Waals surface area contributed by atoms with Gasteiger partial charge in [0.15, 0.2) is 0 Å². The van der Waals surface area contributed by atoms with Crippen LogP contribution in [0.5, 0.6) is 0 Å². The molecule has 2 heterocycles. The Morgan fingerprint density at radius 3 is 2.26 bits per heavy atom. The molecule has 0 aliphatic carbocycles. The summed E-state index contributed by atoms with van der Waals surface area (Å²) in [5.74, 6) is 0. The lowest BCUT2D eigenvalue weighted by Gasteiger charge is -2.38. The fraction of sp³-hybridized carbons (Fsp3) is 0.647. The molecule has 2 aliphatic heterocycles. The number of aryl methyl sites for hydroxylation is 1. The summed E-state index contributed by atoms with van der Waals surface area (Å²) in [6.45, 7) is 4.45. The van der Waals surface area contributed by atoms with Crippen LogP contribution in [0.15, 0.2) is 24.3 Å². The van der Waals surface area contributed by atoms with Gasteiger partial charge in [0, 0.05) is 24.2 Å². The summed E-state index contributed by atoms with van der Waals surface area (Å²) in [5, 5.41) is 3.85. The van der Waals surface area contributed by atoms with Crippen molar-refractivity contribution < 1.29 is 0 Å². The van der Waals surface area contributed by atoms with E-state index in [0.717, 1.165) is 12.1 Å². The van der Waals surface area contributed by atoms with Crippen LogP contribution in [0, 0.1) is 6.92 Å². The number of piperidine rings is 1. The Morgan fingerprint density at radius 2 is 1.68 bits per heavy atom. The molecule has 2 nitrogen and oxygen atoms in total. The third kappa shape index (κ3) is 2.70. The molecule has 0 aromatic heterocycles. The minimum atomic E-state index is 0.466. The molecule has 2 aliphatic rings. The summed E-state index contributed by atoms with van der Waals surface area (Å²) in [5.41, 5.74) is 2.75. The third-order valence-corrected chi connectivity index (χ3v) is 5.16. The van der Waals surface area contributed by atoms with E-state index in [1.54, 1.807) is 0 Å². The van der Waals surface area contributed by atoms with Gasteiger partial charge in [-0.15, -0.1) is 0 Å². The Bertz CT molecular complexity index is 411. The van der Waals surface area contributed by atoms with Crippen LogP contribution in [0.1, 0.15) is 49.8 Å². The third-order valence-electron chi connectivity index (χ3n) is 5.16. The van der Waals surface area contributed by atoms with E-state index in [1.807, 2.05) is 0 Å². The Morgan fingerprint density at radius 1 is 1.11 bits per heavy atom. The van der Waals surface area contributed by atoms with Gasteiger partial charge in [-0.05, 0) is 52.1 Å². The van der Waals surface area contributed by atoms with E-state index < -0.39 is 0 Å². The number of nitrogens with zero attached hydrogens (tertiary/aromatic N) is 1. The molecule has 3 atom stereocenters. The van der Waals surface area contributed by atoms with E-state index in [0.29, 0.717) is 12.1 Å². The number of benzene rings is 1. The van der Waals surface area contributed by atoms with Gasteiger partial charge >= 0.3 is 0 Å². The zero-order valence-corrected chi connectivity index (χ0v) is 12.4. The maximum absolute atomic E-state index is 3.85. The normalized spacial score (nSPS) is 32.5. The second-order valence-corrected chi connectivity index (χ2v) is 6.52. The monoisotopic (exact) mass is 258 g/mol. The van der Waals surface area contributed by atoms with Crippen molar-refractivity contribution in [2.45, 2.75) is 63.7 Å². The predicted molar refractivity (Wildman–Crippen MR) is 80.3 cm³/mol. The molecule has 19 heavy (non-hydrogen) atoms. The van der Waals surface area contributed by atoms with Gasteiger partial charge < -0.3 is 10.2 Å². The predicted octanol–water partition coefficient (Wildman–Crippen LogP) is 3.27. The van der Waals surface area contributed by atoms with Crippen molar-refractivity contribution in [1.29, 1.82) is 0 Å². The Hall–Kier alpha value is -0.860. The molecular weight excluding hydrogens is 232 g/mol. The molecule has 1 N–H and O–H groups in total. The average Bonchev–Trinajstić information content (AvgIpc) is 2.63. The minimum absolute atomic E-state index is 0.466. The summed E-state index contributed by atoms with van der Waals surface area (Å²) >= 11 is 0. The molecule has 0 radical (unpaired) electrons. The van der Waals surface area contributed by atoms with Crippen molar-refractivity contribution in [3.63, 3.8) is 0 Å². The van der Waals surface area contributed by atoms with Crippen LogP contribution in [0.3, 0.4) is 0 Å². The molecule has 2 fully saturated rings. The zero-order chi connectivity index (χ0) is 13.4. The topological polar surface area (TPSA) is 15.3 Å². The van der Waals surface area contributed by atoms with Crippen LogP contribution in [-0.2, 0) is 0 Å². The first kappa shape index (κ1) is 13.1. The molecule has 0 amide bonds. The number of nitrogens with one attached hydrogen (secondary N) is 1. The first-order chi connectivity index (χ1) is 9.13. The largest absolute Gasteiger partial charge is 0.307 e. The smallest absolute Gasteiger partial charge is 0.0294 e. The van der Waals surface area contributed by atoms with Crippen molar-refractivity contribution >= 4 is 0 Å². The average molecular weight is 258 g/mol. The van der Waals surface area contributed by atoms with Gasteiger partial charge in [0.2, 0.25) is 0 Å². The highest BCUT2D eigenvalue weighted by Gasteiger charge is 2.38. The highest BCUT2D eigenvalue weighted by Crippen LogP contribution is 2.34. The van der Waals surface area contributed by atoms with Crippen molar-refractivity contribution in [2.24, 2.45) is 0 Å². The lowest BCUT2D eigenvalue weighted by Crippen LogP contribution is -2.47. The van der Waals surface area contributed by atoms with Gasteiger partial charge in [-0.1, -0.05) is 29.8 Å². The van der Waals surface area contributed by atoms with Crippen LogP contribution in [-0.4, -0.2) is 30.1 Å². The fourth-order valence-corrected chi connectivity index (χ4v) is 3.85. The van der Waals surface area contributed by atoms with E-state index in [9.17, 15) is 0 Å². The first-order valence-electron chi connectivity index (χ1n) is 7.68. The first-order valence-corrected chi connectivity index (χ1v) is 7.68. The molecule has 0 saturated carbocycles. The summed E-state index contributed by atoms with van der Waals surface area (Å²) < 4.78 is 0. The molecule has 2 bridgehead atoms. The van der Waals surface area contributed by atoms with E-state index in [2.05, 4.69) is 55.4 Å². The van der Waals surface area contributed by atoms with Crippen molar-refractivity contribution in [2.75, 3.05) is 7.05 Å². The zero-order valence-electron chi connectivity index (χ0n) is 12.4. The number of hydrogen-bond donors (Lipinski definition) is 1. The van der Waals surface area contributed by atoms with E-state index in [1.165, 1.54) is 36.8 Å². The number of hydrogen-bond acceptors (Lipinski definition) is 2. The van der Waals surface area contributed by atoms with Crippen LogP contribution in [0.2, 0.25) is 0 Å². The van der Waals surface area contributed by atoms with Gasteiger partial charge in [0.1, 0.15) is 0 Å². The van der Waals surface area contributed by atoms with Gasteiger partial charge in [-0.3, -0.25) is 0 Å². The SMILES string of the molecule is Cc1ccc(C(C)NC2CC3CCC(C2)N3C)cc1. The van der Waals surface area contributed by atoms with Crippen LogP contribution in [0.4, 0.5) is 0 Å². The molecule has 2 heteroatoms. The Labute approximate surface area is 117 Å². The summed E-state index contributed by atoms with van der Waals surface area (Å²) in [6.07, 6.45) is 5.45. The van der Waals surface area contributed by atoms with Gasteiger partial charge in [0.25, 0.3) is 0 Å². The maximum atomic E-state index is 3.85. The highest BCUT2D eigenvalue weighted by molar-refractivity contribution is 5.23. The molecule has 0 spiro atoms. The fourth-order valence-electron chi connectivity index (χ4n) is 3.85. The Kier molecular flexibility index (Phi) is 3.64. The van der Waals surface area contributed by atoms with E-state index >= 15 is 0 Å². The molecular formula is C17H26N2. The van der Waals surface area contributed by atoms with E-state index in [4.69, 9.17) is 0 Å². The van der Waals surface area contributed by atoms with Gasteiger partial charge in [0.05, 0.1) is 0 Å². The van der Waals surface area contributed by atoms with Crippen LogP contribution >= 0.6 is 0 Å². The standard InChI is InChI=1S/C17H26N2/c1-12-4-6-14(7-5-12)13(2)18-15-10-16-8-9-17(11-15)19(16)3/h4-7,13,15-18H,8-11H2,1-3H3. The molecule has 2 saturated heterocycles. The van der Waals surface area contributed by atoms with Crippen LogP contribution < -0.4 is 5.32 Å². The molecule has 104 valence electrons. The number of fused-ring (bicyclic) bond motifs is 2. The summed E-state index contributed by atoms with van der Waals surface area (Å²) in [7, 11) is 2.31. The van der Waals surface area contributed by atoms with Crippen molar-refractivity contribution in [3.8, 4) is 0 Å². The van der Waals surface area contributed by atoms with Gasteiger partial charge in [-0.25, -0.2) is 0 Å².